The number of nitrogens with two attached hydrogens (primary N) is 1. The van der Waals surface area contributed by atoms with Crippen LogP contribution in [0.4, 0.5) is 0 Å². The SMILES string of the molecule is CCCCC/C=C\C/C=C\CCCCCCCCCCOCC(O)COP(=O)(O)OCCN. The lowest BCUT2D eigenvalue weighted by atomic mass is 10.1. The molecule has 0 rings (SSSR count). The van der Waals surface area contributed by atoms with Gasteiger partial charge in [-0.05, 0) is 38.5 Å². The van der Waals surface area contributed by atoms with Crippen molar-refractivity contribution >= 4 is 7.82 Å². The highest BCUT2D eigenvalue weighted by Crippen LogP contribution is 2.42. The van der Waals surface area contributed by atoms with Crippen LogP contribution in [0, 0.1) is 0 Å². The molecule has 0 spiro atoms. The van der Waals surface area contributed by atoms with Crippen LogP contribution in [0.1, 0.15) is 96.8 Å². The first kappa shape index (κ1) is 32.5. The number of aliphatic hydroxyl groups is 1. The highest BCUT2D eigenvalue weighted by Gasteiger charge is 2.22. The molecule has 0 aromatic rings. The molecule has 33 heavy (non-hydrogen) atoms. The van der Waals surface area contributed by atoms with E-state index < -0.39 is 13.9 Å². The number of ether oxygens (including phenoxy) is 1. The largest absolute Gasteiger partial charge is 0.472 e. The third-order valence-corrected chi connectivity index (χ3v) is 6.09. The van der Waals surface area contributed by atoms with E-state index in [1.807, 2.05) is 0 Å². The lowest BCUT2D eigenvalue weighted by Gasteiger charge is -2.15. The van der Waals surface area contributed by atoms with Crippen molar-refractivity contribution in [3.8, 4) is 0 Å². The second-order valence-electron chi connectivity index (χ2n) is 8.41. The Balaban J connectivity index is 3.33. The van der Waals surface area contributed by atoms with E-state index in [1.165, 1.54) is 70.6 Å². The summed E-state index contributed by atoms with van der Waals surface area (Å²) in [6.45, 7) is 2.61. The van der Waals surface area contributed by atoms with Gasteiger partial charge in [-0.3, -0.25) is 9.05 Å². The maximum atomic E-state index is 11.4. The second-order valence-corrected chi connectivity index (χ2v) is 9.86. The van der Waals surface area contributed by atoms with Gasteiger partial charge in [-0.1, -0.05) is 82.6 Å². The summed E-state index contributed by atoms with van der Waals surface area (Å²) in [5.41, 5.74) is 5.19. The van der Waals surface area contributed by atoms with Crippen molar-refractivity contribution in [2.45, 2.75) is 103 Å². The number of hydrogen-bond acceptors (Lipinski definition) is 6. The Bertz CT molecular complexity index is 515. The van der Waals surface area contributed by atoms with Crippen LogP contribution in [0.2, 0.25) is 0 Å². The molecular formula is C25H50NO6P. The zero-order chi connectivity index (χ0) is 24.5. The summed E-state index contributed by atoms with van der Waals surface area (Å²) < 4.78 is 26.1. The minimum Gasteiger partial charge on any atom is -0.388 e. The van der Waals surface area contributed by atoms with Crippen molar-refractivity contribution in [1.82, 2.24) is 0 Å². The van der Waals surface area contributed by atoms with Crippen LogP contribution in [0.5, 0.6) is 0 Å². The molecule has 4 N–H and O–H groups in total. The van der Waals surface area contributed by atoms with E-state index in [4.69, 9.17) is 10.5 Å². The van der Waals surface area contributed by atoms with Gasteiger partial charge >= 0.3 is 7.82 Å². The van der Waals surface area contributed by atoms with Gasteiger partial charge in [0.25, 0.3) is 0 Å². The Kier molecular flexibility index (Phi) is 24.2. The number of phosphoric acid groups is 1. The topological polar surface area (TPSA) is 111 Å². The number of rotatable bonds is 25. The molecule has 0 radical (unpaired) electrons. The van der Waals surface area contributed by atoms with Crippen LogP contribution < -0.4 is 5.73 Å². The average molecular weight is 492 g/mol. The third-order valence-electron chi connectivity index (χ3n) is 5.10. The predicted octanol–water partition coefficient (Wildman–Crippen LogP) is 6.05. The predicted molar refractivity (Wildman–Crippen MR) is 136 cm³/mol. The first-order valence-corrected chi connectivity index (χ1v) is 14.4. The van der Waals surface area contributed by atoms with Gasteiger partial charge in [0.15, 0.2) is 0 Å². The number of phosphoric ester groups is 1. The molecule has 0 aliphatic rings. The molecule has 196 valence electrons. The number of allylic oxidation sites excluding steroid dienone is 4. The molecule has 7 nitrogen and oxygen atoms in total. The van der Waals surface area contributed by atoms with Crippen LogP contribution >= 0.6 is 7.82 Å². The van der Waals surface area contributed by atoms with Crippen LogP contribution in [0.25, 0.3) is 0 Å². The van der Waals surface area contributed by atoms with E-state index in [2.05, 4.69) is 40.3 Å². The monoisotopic (exact) mass is 491 g/mol. The normalized spacial score (nSPS) is 14.9. The Hall–Kier alpha value is -0.530. The first-order chi connectivity index (χ1) is 16.0. The van der Waals surface area contributed by atoms with E-state index in [0.717, 1.165) is 19.3 Å². The smallest absolute Gasteiger partial charge is 0.388 e. The van der Waals surface area contributed by atoms with Gasteiger partial charge in [-0.25, -0.2) is 4.57 Å². The fourth-order valence-electron chi connectivity index (χ4n) is 3.20. The Morgan fingerprint density at radius 3 is 1.97 bits per heavy atom. The fraction of sp³-hybridized carbons (Fsp3) is 0.840. The summed E-state index contributed by atoms with van der Waals surface area (Å²) in [5.74, 6) is 0. The first-order valence-electron chi connectivity index (χ1n) is 12.9. The highest BCUT2D eigenvalue weighted by atomic mass is 31.2. The summed E-state index contributed by atoms with van der Waals surface area (Å²) in [6.07, 6.45) is 25.3. The third kappa shape index (κ3) is 25.9. The molecule has 8 heteroatoms. The van der Waals surface area contributed by atoms with E-state index in [-0.39, 0.29) is 26.4 Å². The molecule has 0 heterocycles. The molecule has 0 amide bonds. The molecular weight excluding hydrogens is 441 g/mol. The molecule has 0 bridgehead atoms. The van der Waals surface area contributed by atoms with Crippen molar-refractivity contribution in [1.29, 1.82) is 0 Å². The van der Waals surface area contributed by atoms with Gasteiger partial charge < -0.3 is 20.5 Å². The quantitative estimate of drug-likeness (QED) is 0.0810. The van der Waals surface area contributed by atoms with Gasteiger partial charge in [0.1, 0.15) is 6.10 Å². The van der Waals surface area contributed by atoms with Crippen molar-refractivity contribution < 1.29 is 28.3 Å². The van der Waals surface area contributed by atoms with Crippen LogP contribution in [-0.2, 0) is 18.3 Å². The van der Waals surface area contributed by atoms with Gasteiger partial charge in [0, 0.05) is 13.2 Å². The summed E-state index contributed by atoms with van der Waals surface area (Å²) in [4.78, 5) is 9.33. The summed E-state index contributed by atoms with van der Waals surface area (Å²) in [5, 5.41) is 9.72. The molecule has 0 saturated heterocycles. The lowest BCUT2D eigenvalue weighted by molar-refractivity contribution is 0.00230. The Morgan fingerprint density at radius 2 is 1.36 bits per heavy atom. The maximum Gasteiger partial charge on any atom is 0.472 e. The highest BCUT2D eigenvalue weighted by molar-refractivity contribution is 7.47. The minimum atomic E-state index is -4.14. The summed E-state index contributed by atoms with van der Waals surface area (Å²) >= 11 is 0. The minimum absolute atomic E-state index is 0.0700. The number of hydrogen-bond donors (Lipinski definition) is 3. The van der Waals surface area contributed by atoms with Crippen molar-refractivity contribution in [2.24, 2.45) is 5.73 Å². The van der Waals surface area contributed by atoms with Gasteiger partial charge in [-0.15, -0.1) is 0 Å². The van der Waals surface area contributed by atoms with Gasteiger partial charge in [0.2, 0.25) is 0 Å². The van der Waals surface area contributed by atoms with E-state index in [1.54, 1.807) is 0 Å². The lowest BCUT2D eigenvalue weighted by Crippen LogP contribution is -2.22. The number of unbranched alkanes of at least 4 members (excludes halogenated alkanes) is 11. The van der Waals surface area contributed by atoms with E-state index in [0.29, 0.717) is 6.61 Å². The van der Waals surface area contributed by atoms with Gasteiger partial charge in [-0.2, -0.15) is 0 Å². The van der Waals surface area contributed by atoms with Crippen LogP contribution in [0.15, 0.2) is 24.3 Å². The molecule has 0 aromatic heterocycles. The zero-order valence-electron chi connectivity index (χ0n) is 20.9. The summed E-state index contributed by atoms with van der Waals surface area (Å²) in [7, 11) is -4.14. The Labute approximate surface area is 202 Å². The van der Waals surface area contributed by atoms with Crippen molar-refractivity contribution in [2.75, 3.05) is 33.0 Å². The van der Waals surface area contributed by atoms with Crippen molar-refractivity contribution in [3.63, 3.8) is 0 Å². The maximum absolute atomic E-state index is 11.4. The second kappa shape index (κ2) is 24.6. The van der Waals surface area contributed by atoms with E-state index >= 15 is 0 Å². The molecule has 0 aromatic carbocycles. The number of aliphatic hydroxyl groups excluding tert-OH is 1. The summed E-state index contributed by atoms with van der Waals surface area (Å²) in [6, 6.07) is 0. The molecule has 0 aliphatic heterocycles. The van der Waals surface area contributed by atoms with Crippen LogP contribution in [0.3, 0.4) is 0 Å². The fourth-order valence-corrected chi connectivity index (χ4v) is 3.97. The molecule has 2 unspecified atom stereocenters. The van der Waals surface area contributed by atoms with Crippen LogP contribution in [-0.4, -0.2) is 49.1 Å². The van der Waals surface area contributed by atoms with Gasteiger partial charge in [0.05, 0.1) is 19.8 Å². The molecule has 2 atom stereocenters. The molecule has 0 fully saturated rings. The standard InChI is InChI=1S/C25H50NO6P/c1-2-3-4-5-6-7-8-9-10-11-12-13-14-15-16-17-18-19-21-30-23-25(27)24-32-33(28,29)31-22-20-26/h6-7,9-10,25,27H,2-5,8,11-24,26H2,1H3,(H,28,29)/b7-6-,10-9-. The van der Waals surface area contributed by atoms with Crippen molar-refractivity contribution in [3.05, 3.63) is 24.3 Å². The molecule has 0 aliphatic carbocycles. The Morgan fingerprint density at radius 1 is 0.788 bits per heavy atom. The molecule has 0 saturated carbocycles. The zero-order valence-corrected chi connectivity index (χ0v) is 21.8. The van der Waals surface area contributed by atoms with E-state index in [9.17, 15) is 14.6 Å². The average Bonchev–Trinajstić information content (AvgIpc) is 2.80.